The van der Waals surface area contributed by atoms with Gasteiger partial charge in [0.05, 0.1) is 13.2 Å². The van der Waals surface area contributed by atoms with Gasteiger partial charge in [-0.15, -0.1) is 0 Å². The summed E-state index contributed by atoms with van der Waals surface area (Å²) in [5, 5.41) is 0. The Bertz CT molecular complexity index is 131. The zero-order chi connectivity index (χ0) is 9.68. The summed E-state index contributed by atoms with van der Waals surface area (Å²) in [7, 11) is 1.76. The minimum Gasteiger partial charge on any atom is -0.385 e. The van der Waals surface area contributed by atoms with Crippen LogP contribution in [-0.4, -0.2) is 50.5 Å². The molecule has 3 nitrogen and oxygen atoms in total. The van der Waals surface area contributed by atoms with Crippen LogP contribution in [0.1, 0.15) is 20.3 Å². The number of ether oxygens (including phenoxy) is 2. The Kier molecular flexibility index (Phi) is 4.70. The molecule has 0 bridgehead atoms. The van der Waals surface area contributed by atoms with E-state index in [4.69, 9.17) is 9.47 Å². The summed E-state index contributed by atoms with van der Waals surface area (Å²) in [5.41, 5.74) is 0. The number of morpholine rings is 1. The molecule has 0 spiro atoms. The molecule has 3 heteroatoms. The number of nitrogens with zero attached hydrogens (tertiary/aromatic N) is 1. The molecular formula is C10H21NO2. The third kappa shape index (κ3) is 3.25. The molecule has 1 aliphatic rings. The third-order valence-corrected chi connectivity index (χ3v) is 2.62. The Morgan fingerprint density at radius 2 is 1.92 bits per heavy atom. The molecule has 1 saturated heterocycles. The van der Waals surface area contributed by atoms with Crippen LogP contribution >= 0.6 is 0 Å². The van der Waals surface area contributed by atoms with Crippen LogP contribution in [0.4, 0.5) is 0 Å². The Balaban J connectivity index is 2.26. The van der Waals surface area contributed by atoms with Crippen LogP contribution in [0.5, 0.6) is 0 Å². The lowest BCUT2D eigenvalue weighted by atomic mass is 10.1. The van der Waals surface area contributed by atoms with Gasteiger partial charge in [-0.1, -0.05) is 0 Å². The molecule has 0 aromatic heterocycles. The fourth-order valence-corrected chi connectivity index (χ4v) is 1.87. The molecule has 1 aliphatic heterocycles. The monoisotopic (exact) mass is 187 g/mol. The Morgan fingerprint density at radius 1 is 1.31 bits per heavy atom. The first-order valence-electron chi connectivity index (χ1n) is 5.08. The van der Waals surface area contributed by atoms with Crippen molar-refractivity contribution in [2.45, 2.75) is 32.4 Å². The van der Waals surface area contributed by atoms with E-state index < -0.39 is 0 Å². The van der Waals surface area contributed by atoms with E-state index in [-0.39, 0.29) is 0 Å². The van der Waals surface area contributed by atoms with Gasteiger partial charge >= 0.3 is 0 Å². The Labute approximate surface area is 81.0 Å². The summed E-state index contributed by atoms with van der Waals surface area (Å²) in [6, 6.07) is 1.11. The molecule has 0 aliphatic carbocycles. The number of hydrogen-bond acceptors (Lipinski definition) is 3. The first-order valence-corrected chi connectivity index (χ1v) is 5.08. The SMILES string of the molecule is COCCCN1[C@H](C)COC[C@@H]1C. The molecular weight excluding hydrogens is 166 g/mol. The lowest BCUT2D eigenvalue weighted by Crippen LogP contribution is -2.49. The van der Waals surface area contributed by atoms with Gasteiger partial charge in [-0.25, -0.2) is 0 Å². The molecule has 0 amide bonds. The molecule has 0 aromatic carbocycles. The van der Waals surface area contributed by atoms with Gasteiger partial charge in [-0.2, -0.15) is 0 Å². The normalized spacial score (nSPS) is 30.7. The standard InChI is InChI=1S/C10H21NO2/c1-9-7-13-8-10(2)11(9)5-4-6-12-3/h9-10H,4-8H2,1-3H3/t9-,10+. The van der Waals surface area contributed by atoms with Crippen LogP contribution in [0.3, 0.4) is 0 Å². The summed E-state index contributed by atoms with van der Waals surface area (Å²) in [5.74, 6) is 0. The summed E-state index contributed by atoms with van der Waals surface area (Å²) in [6.45, 7) is 8.18. The van der Waals surface area contributed by atoms with Crippen LogP contribution in [0.15, 0.2) is 0 Å². The van der Waals surface area contributed by atoms with Gasteiger partial charge in [0.25, 0.3) is 0 Å². The van der Waals surface area contributed by atoms with Gasteiger partial charge in [-0.3, -0.25) is 4.90 Å². The maximum Gasteiger partial charge on any atom is 0.0620 e. The smallest absolute Gasteiger partial charge is 0.0620 e. The van der Waals surface area contributed by atoms with Gasteiger partial charge < -0.3 is 9.47 Å². The highest BCUT2D eigenvalue weighted by Gasteiger charge is 2.24. The highest BCUT2D eigenvalue weighted by molar-refractivity contribution is 4.77. The average Bonchev–Trinajstić information content (AvgIpc) is 2.10. The van der Waals surface area contributed by atoms with Gasteiger partial charge in [0.2, 0.25) is 0 Å². The lowest BCUT2D eigenvalue weighted by molar-refractivity contribution is -0.0389. The van der Waals surface area contributed by atoms with Crippen LogP contribution in [0, 0.1) is 0 Å². The number of methoxy groups -OCH3 is 1. The third-order valence-electron chi connectivity index (χ3n) is 2.62. The second-order valence-corrected chi connectivity index (χ2v) is 3.82. The largest absolute Gasteiger partial charge is 0.385 e. The molecule has 0 N–H and O–H groups in total. The summed E-state index contributed by atoms with van der Waals surface area (Å²) < 4.78 is 10.5. The Morgan fingerprint density at radius 3 is 2.46 bits per heavy atom. The molecule has 0 radical (unpaired) electrons. The quantitative estimate of drug-likeness (QED) is 0.616. The molecule has 13 heavy (non-hydrogen) atoms. The van der Waals surface area contributed by atoms with Crippen molar-refractivity contribution in [1.29, 1.82) is 0 Å². The number of rotatable bonds is 4. The second-order valence-electron chi connectivity index (χ2n) is 3.82. The first-order chi connectivity index (χ1) is 6.25. The van der Waals surface area contributed by atoms with Crippen LogP contribution in [0.25, 0.3) is 0 Å². The number of hydrogen-bond donors (Lipinski definition) is 0. The molecule has 1 fully saturated rings. The molecule has 0 saturated carbocycles. The van der Waals surface area contributed by atoms with Gasteiger partial charge in [0, 0.05) is 32.3 Å². The van der Waals surface area contributed by atoms with Crippen molar-refractivity contribution < 1.29 is 9.47 Å². The summed E-state index contributed by atoms with van der Waals surface area (Å²) in [4.78, 5) is 2.50. The van der Waals surface area contributed by atoms with Gasteiger partial charge in [0.1, 0.15) is 0 Å². The Hall–Kier alpha value is -0.120. The summed E-state index contributed by atoms with van der Waals surface area (Å²) >= 11 is 0. The van der Waals surface area contributed by atoms with E-state index in [9.17, 15) is 0 Å². The van der Waals surface area contributed by atoms with Crippen molar-refractivity contribution >= 4 is 0 Å². The van der Waals surface area contributed by atoms with E-state index in [1.807, 2.05) is 0 Å². The van der Waals surface area contributed by atoms with Crippen molar-refractivity contribution in [2.24, 2.45) is 0 Å². The fraction of sp³-hybridized carbons (Fsp3) is 1.00. The minimum atomic E-state index is 0.556. The maximum absolute atomic E-state index is 5.46. The van der Waals surface area contributed by atoms with E-state index in [1.165, 1.54) is 0 Å². The average molecular weight is 187 g/mol. The van der Waals surface area contributed by atoms with Gasteiger partial charge in [0.15, 0.2) is 0 Å². The van der Waals surface area contributed by atoms with Crippen LogP contribution in [-0.2, 0) is 9.47 Å². The topological polar surface area (TPSA) is 21.7 Å². The molecule has 1 rings (SSSR count). The molecule has 0 unspecified atom stereocenters. The molecule has 0 aromatic rings. The van der Waals surface area contributed by atoms with E-state index >= 15 is 0 Å². The van der Waals surface area contributed by atoms with E-state index in [2.05, 4.69) is 18.7 Å². The van der Waals surface area contributed by atoms with E-state index in [0.717, 1.165) is 32.8 Å². The predicted molar refractivity (Wildman–Crippen MR) is 52.9 cm³/mol. The zero-order valence-electron chi connectivity index (χ0n) is 8.95. The van der Waals surface area contributed by atoms with Crippen molar-refractivity contribution in [1.82, 2.24) is 4.90 Å². The van der Waals surface area contributed by atoms with E-state index in [0.29, 0.717) is 12.1 Å². The van der Waals surface area contributed by atoms with Crippen molar-refractivity contribution in [2.75, 3.05) is 33.5 Å². The van der Waals surface area contributed by atoms with Crippen molar-refractivity contribution in [3.63, 3.8) is 0 Å². The van der Waals surface area contributed by atoms with Crippen molar-refractivity contribution in [3.8, 4) is 0 Å². The minimum absolute atomic E-state index is 0.556. The van der Waals surface area contributed by atoms with Crippen LogP contribution < -0.4 is 0 Å². The molecule has 78 valence electrons. The molecule has 1 heterocycles. The van der Waals surface area contributed by atoms with E-state index in [1.54, 1.807) is 7.11 Å². The molecule has 2 atom stereocenters. The zero-order valence-corrected chi connectivity index (χ0v) is 8.95. The highest BCUT2D eigenvalue weighted by Crippen LogP contribution is 2.12. The second kappa shape index (κ2) is 5.58. The lowest BCUT2D eigenvalue weighted by Gasteiger charge is -2.38. The maximum atomic E-state index is 5.46. The van der Waals surface area contributed by atoms with Crippen molar-refractivity contribution in [3.05, 3.63) is 0 Å². The first kappa shape index (κ1) is 11.0. The predicted octanol–water partition coefficient (Wildman–Crippen LogP) is 1.13. The van der Waals surface area contributed by atoms with Gasteiger partial charge in [-0.05, 0) is 20.3 Å². The highest BCUT2D eigenvalue weighted by atomic mass is 16.5. The fourth-order valence-electron chi connectivity index (χ4n) is 1.87. The van der Waals surface area contributed by atoms with Crippen LogP contribution in [0.2, 0.25) is 0 Å². The summed E-state index contributed by atoms with van der Waals surface area (Å²) in [6.07, 6.45) is 1.12.